The standard InChI is InChI=1S/C34H62N2O10/c1-12-25-34(10,41)29(37)20(4)27(36-46-24-13-14-35-17-24)18(2)15-32(8,40)22(6)19(3)28(21(5)31(39)44-25)45-26-16-33(9,42-11)30(38)23(7)43-26/h18-26,28-30,35,37-38,40-41H,12-17H2,1-11H3/b36-27+/t18-,19-,20+,21-,22-,23+,24-,25-,26+,28+,29-,30+,32-,33-,34-/m1/s1. The Morgan fingerprint density at radius 3 is 2.22 bits per heavy atom. The van der Waals surface area contributed by atoms with Crippen LogP contribution in [0.15, 0.2) is 5.16 Å². The molecule has 46 heavy (non-hydrogen) atoms. The van der Waals surface area contributed by atoms with E-state index >= 15 is 0 Å². The first kappa shape index (κ1) is 39.1. The summed E-state index contributed by atoms with van der Waals surface area (Å²) in [6, 6.07) is 0. The van der Waals surface area contributed by atoms with Gasteiger partial charge in [-0.1, -0.05) is 39.8 Å². The summed E-state index contributed by atoms with van der Waals surface area (Å²) in [5.41, 5.74) is -3.52. The molecule has 3 fully saturated rings. The Balaban J connectivity index is 2.05. The number of hydrogen-bond donors (Lipinski definition) is 5. The molecule has 0 radical (unpaired) electrons. The van der Waals surface area contributed by atoms with Crippen molar-refractivity contribution in [2.45, 2.75) is 155 Å². The molecule has 3 aliphatic rings. The van der Waals surface area contributed by atoms with E-state index in [-0.39, 0.29) is 43.1 Å². The zero-order valence-corrected chi connectivity index (χ0v) is 29.9. The number of carbonyl (C=O) groups excluding carboxylic acids is 1. The van der Waals surface area contributed by atoms with Crippen molar-refractivity contribution in [1.29, 1.82) is 0 Å². The number of nitrogens with one attached hydrogen (secondary N) is 1. The number of esters is 1. The fourth-order valence-corrected chi connectivity index (χ4v) is 7.56. The SMILES string of the molecule is CC[C@H]1OC(=O)[C@H](C)[C@@H](O[C@H]2C[C@@](C)(OC)[C@@H](O)[C@H](C)O2)[C@H](C)[C@@H](C)[C@](C)(O)C[C@@H](C)/C(=N\O[C@@H]2CCNC2)[C@H](C)[C@@H](O)[C@]1(C)O. The van der Waals surface area contributed by atoms with E-state index in [0.717, 1.165) is 13.0 Å². The van der Waals surface area contributed by atoms with Crippen LogP contribution in [0.4, 0.5) is 0 Å². The summed E-state index contributed by atoms with van der Waals surface area (Å²) in [6.45, 7) is 19.3. The van der Waals surface area contributed by atoms with E-state index in [0.29, 0.717) is 12.3 Å². The van der Waals surface area contributed by atoms with E-state index in [1.165, 1.54) is 14.0 Å². The Kier molecular flexibility index (Phi) is 13.1. The number of methoxy groups -OCH3 is 1. The minimum Gasteiger partial charge on any atom is -0.459 e. The van der Waals surface area contributed by atoms with Crippen LogP contribution in [0.3, 0.4) is 0 Å². The highest BCUT2D eigenvalue weighted by atomic mass is 16.7. The predicted octanol–water partition coefficient (Wildman–Crippen LogP) is 2.78. The number of aliphatic hydroxyl groups excluding tert-OH is 2. The van der Waals surface area contributed by atoms with Gasteiger partial charge in [-0.2, -0.15) is 0 Å². The second-order valence-electron chi connectivity index (χ2n) is 15.0. The number of rotatable bonds is 6. The van der Waals surface area contributed by atoms with Crippen LogP contribution in [-0.2, 0) is 28.6 Å². The van der Waals surface area contributed by atoms with Crippen molar-refractivity contribution < 1.29 is 49.0 Å². The van der Waals surface area contributed by atoms with Crippen molar-refractivity contribution in [3.63, 3.8) is 0 Å². The third kappa shape index (κ3) is 8.42. The molecule has 3 saturated heterocycles. The molecule has 0 unspecified atom stereocenters. The van der Waals surface area contributed by atoms with Gasteiger partial charge in [0.15, 0.2) is 6.29 Å². The van der Waals surface area contributed by atoms with E-state index in [9.17, 15) is 25.2 Å². The van der Waals surface area contributed by atoms with Crippen molar-refractivity contribution in [2.75, 3.05) is 20.2 Å². The lowest BCUT2D eigenvalue weighted by molar-refractivity contribution is -0.298. The molecule has 15 atom stereocenters. The van der Waals surface area contributed by atoms with Gasteiger partial charge in [0.2, 0.25) is 0 Å². The first-order valence-electron chi connectivity index (χ1n) is 17.1. The number of ether oxygens (including phenoxy) is 4. The fraction of sp³-hybridized carbons (Fsp3) is 0.941. The first-order valence-corrected chi connectivity index (χ1v) is 17.1. The lowest BCUT2D eigenvalue weighted by Crippen LogP contribution is -2.58. The third-order valence-corrected chi connectivity index (χ3v) is 11.3. The van der Waals surface area contributed by atoms with E-state index in [4.69, 9.17) is 23.8 Å². The molecular formula is C34H62N2O10. The fourth-order valence-electron chi connectivity index (χ4n) is 7.56. The van der Waals surface area contributed by atoms with Crippen LogP contribution in [0.25, 0.3) is 0 Å². The molecule has 12 heteroatoms. The largest absolute Gasteiger partial charge is 0.459 e. The number of oxime groups is 1. The van der Waals surface area contributed by atoms with Gasteiger partial charge >= 0.3 is 5.97 Å². The van der Waals surface area contributed by atoms with E-state index in [2.05, 4.69) is 10.5 Å². The summed E-state index contributed by atoms with van der Waals surface area (Å²) in [7, 11) is 1.53. The number of hydrogen-bond acceptors (Lipinski definition) is 12. The molecule has 0 spiro atoms. The maximum atomic E-state index is 13.8. The molecule has 0 bridgehead atoms. The molecule has 3 aliphatic heterocycles. The molecule has 3 rings (SSSR count). The maximum absolute atomic E-state index is 13.8. The van der Waals surface area contributed by atoms with Crippen LogP contribution in [0, 0.1) is 29.6 Å². The molecule has 0 saturated carbocycles. The normalized spacial score (nSPS) is 49.4. The zero-order valence-electron chi connectivity index (χ0n) is 29.9. The molecule has 0 amide bonds. The molecule has 0 aromatic heterocycles. The van der Waals surface area contributed by atoms with Crippen LogP contribution >= 0.6 is 0 Å². The van der Waals surface area contributed by atoms with Gasteiger partial charge in [-0.15, -0.1) is 0 Å². The summed E-state index contributed by atoms with van der Waals surface area (Å²) in [4.78, 5) is 19.8. The molecule has 0 aromatic carbocycles. The van der Waals surface area contributed by atoms with E-state index in [1.54, 1.807) is 41.5 Å². The zero-order chi connectivity index (χ0) is 34.8. The summed E-state index contributed by atoms with van der Waals surface area (Å²) in [5, 5.41) is 54.0. The highest BCUT2D eigenvalue weighted by Crippen LogP contribution is 2.40. The molecule has 12 nitrogen and oxygen atoms in total. The van der Waals surface area contributed by atoms with Gasteiger partial charge in [0.1, 0.15) is 23.9 Å². The minimum absolute atomic E-state index is 0.119. The Morgan fingerprint density at radius 2 is 1.65 bits per heavy atom. The molecule has 268 valence electrons. The lowest BCUT2D eigenvalue weighted by Gasteiger charge is -2.47. The molecular weight excluding hydrogens is 596 g/mol. The number of aliphatic hydroxyl groups is 4. The topological polar surface area (TPSA) is 169 Å². The van der Waals surface area contributed by atoms with Crippen LogP contribution in [-0.4, -0.2) is 112 Å². The van der Waals surface area contributed by atoms with Gasteiger partial charge in [0, 0.05) is 38.3 Å². The summed E-state index contributed by atoms with van der Waals surface area (Å²) in [6.07, 6.45) is -4.04. The van der Waals surface area contributed by atoms with E-state index < -0.39 is 71.4 Å². The predicted molar refractivity (Wildman–Crippen MR) is 173 cm³/mol. The number of nitrogens with zero attached hydrogens (tertiary/aromatic N) is 1. The van der Waals surface area contributed by atoms with Gasteiger partial charge in [0.05, 0.1) is 41.1 Å². The van der Waals surface area contributed by atoms with Crippen molar-refractivity contribution in [3.05, 3.63) is 0 Å². The Bertz CT molecular complexity index is 1030. The quantitative estimate of drug-likeness (QED) is 0.210. The van der Waals surface area contributed by atoms with Gasteiger partial charge < -0.3 is 49.5 Å². The number of cyclic esters (lactones) is 1. The first-order chi connectivity index (χ1) is 21.3. The second kappa shape index (κ2) is 15.4. The molecule has 0 aromatic rings. The second-order valence-corrected chi connectivity index (χ2v) is 15.0. The van der Waals surface area contributed by atoms with E-state index in [1.807, 2.05) is 20.8 Å². The summed E-state index contributed by atoms with van der Waals surface area (Å²) in [5.74, 6) is -3.22. The summed E-state index contributed by atoms with van der Waals surface area (Å²) < 4.78 is 24.3. The highest BCUT2D eigenvalue weighted by molar-refractivity contribution is 5.88. The smallest absolute Gasteiger partial charge is 0.311 e. The van der Waals surface area contributed by atoms with Crippen molar-refractivity contribution >= 4 is 11.7 Å². The monoisotopic (exact) mass is 658 g/mol. The average molecular weight is 659 g/mol. The van der Waals surface area contributed by atoms with Crippen molar-refractivity contribution in [2.24, 2.45) is 34.7 Å². The van der Waals surface area contributed by atoms with Gasteiger partial charge in [-0.25, -0.2) is 0 Å². The molecule has 5 N–H and O–H groups in total. The third-order valence-electron chi connectivity index (χ3n) is 11.3. The summed E-state index contributed by atoms with van der Waals surface area (Å²) >= 11 is 0. The lowest BCUT2D eigenvalue weighted by atomic mass is 9.70. The Morgan fingerprint density at radius 1 is 1.00 bits per heavy atom. The van der Waals surface area contributed by atoms with Gasteiger partial charge in [0.25, 0.3) is 0 Å². The van der Waals surface area contributed by atoms with Crippen LogP contribution in [0.2, 0.25) is 0 Å². The van der Waals surface area contributed by atoms with Crippen molar-refractivity contribution in [3.8, 4) is 0 Å². The Hall–Kier alpha value is -1.38. The minimum atomic E-state index is -1.83. The van der Waals surface area contributed by atoms with Gasteiger partial charge in [-0.3, -0.25) is 4.79 Å². The maximum Gasteiger partial charge on any atom is 0.311 e. The van der Waals surface area contributed by atoms with Crippen LogP contribution in [0.5, 0.6) is 0 Å². The number of carbonyl (C=O) groups is 1. The molecule has 3 heterocycles. The highest BCUT2D eigenvalue weighted by Gasteiger charge is 2.51. The van der Waals surface area contributed by atoms with Crippen molar-refractivity contribution in [1.82, 2.24) is 5.32 Å². The average Bonchev–Trinajstić information content (AvgIpc) is 3.52. The van der Waals surface area contributed by atoms with Gasteiger partial charge in [-0.05, 0) is 65.8 Å². The Labute approximate surface area is 275 Å². The van der Waals surface area contributed by atoms with Crippen LogP contribution < -0.4 is 5.32 Å². The van der Waals surface area contributed by atoms with Crippen LogP contribution in [0.1, 0.15) is 94.9 Å². The molecule has 0 aliphatic carbocycles.